The minimum absolute atomic E-state index is 0.00258. The number of aliphatic hydroxyl groups excluding tert-OH is 2. The number of primary amides is 1. The first-order valence-corrected chi connectivity index (χ1v) is 8.28. The van der Waals surface area contributed by atoms with Crippen LogP contribution in [-0.4, -0.2) is 65.8 Å². The summed E-state index contributed by atoms with van der Waals surface area (Å²) < 4.78 is 0. The Bertz CT molecular complexity index is 535. The highest BCUT2D eigenvalue weighted by Crippen LogP contribution is 2.20. The van der Waals surface area contributed by atoms with Crippen molar-refractivity contribution in [1.82, 2.24) is 16.0 Å². The normalized spacial score (nSPS) is 24.4. The largest absolute Gasteiger partial charge is 0.390 e. The number of amides is 3. The van der Waals surface area contributed by atoms with Crippen molar-refractivity contribution >= 4 is 17.7 Å². The van der Waals surface area contributed by atoms with E-state index in [4.69, 9.17) is 5.73 Å². The average Bonchev–Trinajstić information content (AvgIpc) is 2.51. The van der Waals surface area contributed by atoms with Gasteiger partial charge in [-0.15, -0.1) is 0 Å². The lowest BCUT2D eigenvalue weighted by molar-refractivity contribution is -0.126. The standard InChI is InChI=1S/C16H28N4O5/c1-8(2)13(18-3)16(25)20-10-6-9(7-11(21)14(10)23)15(24)19-5-4-12(17)22/h6,8,10-11,13-14,18,21,23H,4-5,7H2,1-3H3,(H2,17,22)(H,19,24)(H,20,25). The van der Waals surface area contributed by atoms with Crippen LogP contribution in [0.5, 0.6) is 0 Å². The third-order valence-corrected chi connectivity index (χ3v) is 4.09. The van der Waals surface area contributed by atoms with Gasteiger partial charge in [0.05, 0.1) is 18.2 Å². The van der Waals surface area contributed by atoms with Crippen molar-refractivity contribution in [1.29, 1.82) is 0 Å². The number of nitrogens with one attached hydrogen (secondary N) is 3. The van der Waals surface area contributed by atoms with E-state index in [1.165, 1.54) is 6.08 Å². The Morgan fingerprint density at radius 1 is 1.32 bits per heavy atom. The quantitative estimate of drug-likeness (QED) is 0.289. The molecule has 142 valence electrons. The van der Waals surface area contributed by atoms with E-state index in [2.05, 4.69) is 16.0 Å². The van der Waals surface area contributed by atoms with Crippen molar-refractivity contribution in [2.24, 2.45) is 11.7 Å². The highest BCUT2D eigenvalue weighted by atomic mass is 16.3. The van der Waals surface area contributed by atoms with Crippen LogP contribution in [0.1, 0.15) is 26.7 Å². The lowest BCUT2D eigenvalue weighted by Crippen LogP contribution is -2.55. The Labute approximate surface area is 147 Å². The van der Waals surface area contributed by atoms with Crippen LogP contribution in [0.2, 0.25) is 0 Å². The van der Waals surface area contributed by atoms with Crippen molar-refractivity contribution in [2.75, 3.05) is 13.6 Å². The van der Waals surface area contributed by atoms with Gasteiger partial charge in [-0.25, -0.2) is 0 Å². The molecule has 1 rings (SSSR count). The Kier molecular flexibility index (Phi) is 8.01. The van der Waals surface area contributed by atoms with Gasteiger partial charge in [-0.05, 0) is 13.0 Å². The smallest absolute Gasteiger partial charge is 0.247 e. The molecule has 4 atom stereocenters. The molecule has 0 fully saturated rings. The van der Waals surface area contributed by atoms with E-state index < -0.39 is 36.1 Å². The Balaban J connectivity index is 2.81. The number of rotatable bonds is 8. The van der Waals surface area contributed by atoms with E-state index in [0.717, 1.165) is 0 Å². The molecule has 0 spiro atoms. The molecule has 3 amide bonds. The molecule has 4 unspecified atom stereocenters. The molecule has 0 bridgehead atoms. The van der Waals surface area contributed by atoms with Crippen molar-refractivity contribution in [3.63, 3.8) is 0 Å². The van der Waals surface area contributed by atoms with Gasteiger partial charge in [0.25, 0.3) is 0 Å². The highest BCUT2D eigenvalue weighted by molar-refractivity contribution is 5.94. The monoisotopic (exact) mass is 356 g/mol. The van der Waals surface area contributed by atoms with Gasteiger partial charge in [0.15, 0.2) is 0 Å². The predicted molar refractivity (Wildman–Crippen MR) is 91.2 cm³/mol. The lowest BCUT2D eigenvalue weighted by atomic mass is 9.89. The first-order chi connectivity index (χ1) is 11.7. The molecule has 0 heterocycles. The van der Waals surface area contributed by atoms with E-state index in [0.29, 0.717) is 0 Å². The van der Waals surface area contributed by atoms with Crippen LogP contribution in [0.15, 0.2) is 11.6 Å². The van der Waals surface area contributed by atoms with E-state index in [1.54, 1.807) is 7.05 Å². The van der Waals surface area contributed by atoms with Gasteiger partial charge in [-0.1, -0.05) is 19.9 Å². The van der Waals surface area contributed by atoms with Crippen LogP contribution >= 0.6 is 0 Å². The van der Waals surface area contributed by atoms with Crippen LogP contribution in [0.25, 0.3) is 0 Å². The first kappa shape index (κ1) is 21.1. The number of hydrogen-bond donors (Lipinski definition) is 6. The second kappa shape index (κ2) is 9.50. The van der Waals surface area contributed by atoms with Gasteiger partial charge >= 0.3 is 0 Å². The van der Waals surface area contributed by atoms with Crippen LogP contribution in [0, 0.1) is 5.92 Å². The van der Waals surface area contributed by atoms with Gasteiger partial charge in [0, 0.05) is 25.0 Å². The minimum atomic E-state index is -1.21. The molecule has 9 heteroatoms. The van der Waals surface area contributed by atoms with Crippen LogP contribution in [-0.2, 0) is 14.4 Å². The molecule has 0 aliphatic heterocycles. The molecule has 0 saturated carbocycles. The van der Waals surface area contributed by atoms with E-state index in [1.807, 2.05) is 13.8 Å². The second-order valence-electron chi connectivity index (χ2n) is 6.47. The summed E-state index contributed by atoms with van der Waals surface area (Å²) in [6, 6.07) is -1.35. The van der Waals surface area contributed by atoms with E-state index in [9.17, 15) is 24.6 Å². The fraction of sp³-hybridized carbons (Fsp3) is 0.688. The molecule has 1 aliphatic carbocycles. The molecule has 9 nitrogen and oxygen atoms in total. The molecule has 0 aromatic heterocycles. The van der Waals surface area contributed by atoms with Gasteiger partial charge in [0.1, 0.15) is 6.10 Å². The number of nitrogens with two attached hydrogens (primary N) is 1. The molecule has 0 saturated heterocycles. The van der Waals surface area contributed by atoms with Gasteiger partial charge in [0.2, 0.25) is 17.7 Å². The SMILES string of the molecule is CNC(C(=O)NC1C=C(C(=O)NCCC(N)=O)CC(O)C1O)C(C)C. The fourth-order valence-corrected chi connectivity index (χ4v) is 2.70. The molecule has 7 N–H and O–H groups in total. The number of likely N-dealkylation sites (N-methyl/N-ethyl adjacent to an activating group) is 1. The van der Waals surface area contributed by atoms with Crippen molar-refractivity contribution in [2.45, 2.75) is 51.0 Å². The third-order valence-electron chi connectivity index (χ3n) is 4.09. The third kappa shape index (κ3) is 6.11. The number of hydrogen-bond acceptors (Lipinski definition) is 6. The summed E-state index contributed by atoms with van der Waals surface area (Å²) in [5.41, 5.74) is 5.24. The summed E-state index contributed by atoms with van der Waals surface area (Å²) >= 11 is 0. The molecule has 1 aliphatic rings. The Morgan fingerprint density at radius 3 is 2.48 bits per heavy atom. The zero-order valence-corrected chi connectivity index (χ0v) is 14.8. The molecule has 0 aromatic carbocycles. The number of carbonyl (C=O) groups excluding carboxylic acids is 3. The van der Waals surface area contributed by atoms with Gasteiger partial charge in [-0.2, -0.15) is 0 Å². The van der Waals surface area contributed by atoms with Crippen LogP contribution < -0.4 is 21.7 Å². The van der Waals surface area contributed by atoms with Crippen molar-refractivity contribution in [3.8, 4) is 0 Å². The zero-order valence-electron chi connectivity index (χ0n) is 14.8. The van der Waals surface area contributed by atoms with Crippen molar-refractivity contribution < 1.29 is 24.6 Å². The van der Waals surface area contributed by atoms with Gasteiger partial charge < -0.3 is 31.9 Å². The number of carbonyl (C=O) groups is 3. The average molecular weight is 356 g/mol. The van der Waals surface area contributed by atoms with Gasteiger partial charge in [-0.3, -0.25) is 14.4 Å². The predicted octanol–water partition coefficient (Wildman–Crippen LogP) is -2.24. The van der Waals surface area contributed by atoms with E-state index >= 15 is 0 Å². The summed E-state index contributed by atoms with van der Waals surface area (Å²) in [5.74, 6) is -1.32. The summed E-state index contributed by atoms with van der Waals surface area (Å²) in [7, 11) is 1.66. The Morgan fingerprint density at radius 2 is 1.96 bits per heavy atom. The number of aliphatic hydroxyl groups is 2. The fourth-order valence-electron chi connectivity index (χ4n) is 2.70. The molecule has 0 radical (unpaired) electrons. The second-order valence-corrected chi connectivity index (χ2v) is 6.47. The van der Waals surface area contributed by atoms with E-state index in [-0.39, 0.29) is 36.8 Å². The maximum Gasteiger partial charge on any atom is 0.247 e. The summed E-state index contributed by atoms with van der Waals surface area (Å²) in [4.78, 5) is 35.1. The zero-order chi connectivity index (χ0) is 19.1. The van der Waals surface area contributed by atoms with Crippen molar-refractivity contribution in [3.05, 3.63) is 11.6 Å². The summed E-state index contributed by atoms with van der Waals surface area (Å²) in [6.07, 6.45) is -1.00. The summed E-state index contributed by atoms with van der Waals surface area (Å²) in [6.45, 7) is 3.83. The minimum Gasteiger partial charge on any atom is -0.390 e. The first-order valence-electron chi connectivity index (χ1n) is 8.28. The van der Waals surface area contributed by atoms with Crippen LogP contribution in [0.3, 0.4) is 0 Å². The highest BCUT2D eigenvalue weighted by Gasteiger charge is 2.34. The Hall–Kier alpha value is -1.97. The molecular weight excluding hydrogens is 328 g/mol. The summed E-state index contributed by atoms with van der Waals surface area (Å²) in [5, 5.41) is 28.1. The maximum atomic E-state index is 12.3. The lowest BCUT2D eigenvalue weighted by Gasteiger charge is -2.32. The molecule has 0 aromatic rings. The molecule has 25 heavy (non-hydrogen) atoms. The maximum absolute atomic E-state index is 12.3. The topological polar surface area (TPSA) is 154 Å². The van der Waals surface area contributed by atoms with Crippen LogP contribution in [0.4, 0.5) is 0 Å². The molecular formula is C16H28N4O5.